The monoisotopic (exact) mass is 502 g/mol. The third-order valence-electron chi connectivity index (χ3n) is 3.88. The van der Waals surface area contributed by atoms with Crippen LogP contribution < -0.4 is 10.2 Å². The number of nitro groups is 3. The summed E-state index contributed by atoms with van der Waals surface area (Å²) in [6, 6.07) is 10.5. The maximum absolute atomic E-state index is 11.2. The zero-order valence-electron chi connectivity index (χ0n) is 15.7. The van der Waals surface area contributed by atoms with E-state index in [4.69, 9.17) is 4.74 Å². The minimum atomic E-state index is -0.769. The SMILES string of the molecule is O=[N+]([O-])c1ccc(N/N=C\c2ccc(Oc3ccc([N+](=O)[O-])cc3[N+](=O)[O-])c(Br)c2)nc1. The van der Waals surface area contributed by atoms with Crippen LogP contribution in [0.5, 0.6) is 11.5 Å². The van der Waals surface area contributed by atoms with Gasteiger partial charge in [0.2, 0.25) is 5.75 Å². The van der Waals surface area contributed by atoms with E-state index in [1.54, 1.807) is 12.1 Å². The molecule has 0 radical (unpaired) electrons. The number of ether oxygens (including phenoxy) is 1. The van der Waals surface area contributed by atoms with Crippen LogP contribution in [0.2, 0.25) is 0 Å². The average Bonchev–Trinajstić information content (AvgIpc) is 2.76. The van der Waals surface area contributed by atoms with Crippen LogP contribution in [-0.4, -0.2) is 26.0 Å². The molecule has 0 fully saturated rings. The van der Waals surface area contributed by atoms with Gasteiger partial charge >= 0.3 is 5.69 Å². The zero-order chi connectivity index (χ0) is 23.3. The topological polar surface area (TPSA) is 176 Å². The summed E-state index contributed by atoms with van der Waals surface area (Å²) in [5.41, 5.74) is 2.13. The number of nitro benzene ring substituents is 2. The normalized spacial score (nSPS) is 10.7. The molecule has 0 spiro atoms. The van der Waals surface area contributed by atoms with Gasteiger partial charge in [-0.25, -0.2) is 4.98 Å². The van der Waals surface area contributed by atoms with Crippen LogP contribution in [0, 0.1) is 30.3 Å². The Balaban J connectivity index is 1.73. The van der Waals surface area contributed by atoms with E-state index in [0.29, 0.717) is 15.9 Å². The molecule has 0 aliphatic heterocycles. The third kappa shape index (κ3) is 5.37. The Morgan fingerprint density at radius 1 is 0.906 bits per heavy atom. The first-order valence-electron chi connectivity index (χ1n) is 8.54. The molecule has 3 rings (SSSR count). The van der Waals surface area contributed by atoms with Crippen LogP contribution >= 0.6 is 15.9 Å². The van der Waals surface area contributed by atoms with Gasteiger partial charge in [-0.05, 0) is 51.8 Å². The molecular weight excluding hydrogens is 492 g/mol. The number of hydrazone groups is 1. The highest BCUT2D eigenvalue weighted by molar-refractivity contribution is 9.10. The fraction of sp³-hybridized carbons (Fsp3) is 0. The van der Waals surface area contributed by atoms with E-state index in [2.05, 4.69) is 31.4 Å². The predicted molar refractivity (Wildman–Crippen MR) is 116 cm³/mol. The Labute approximate surface area is 186 Å². The number of pyridine rings is 1. The fourth-order valence-corrected chi connectivity index (χ4v) is 2.86. The van der Waals surface area contributed by atoms with Crippen molar-refractivity contribution in [3.05, 3.63) is 95.1 Å². The highest BCUT2D eigenvalue weighted by Gasteiger charge is 2.21. The molecule has 0 bridgehead atoms. The molecule has 3 aromatic rings. The Morgan fingerprint density at radius 3 is 2.19 bits per heavy atom. The van der Waals surface area contributed by atoms with Crippen molar-refractivity contribution in [2.45, 2.75) is 0 Å². The van der Waals surface area contributed by atoms with Gasteiger partial charge in [0.1, 0.15) is 17.8 Å². The van der Waals surface area contributed by atoms with Gasteiger partial charge in [-0.15, -0.1) is 0 Å². The molecule has 0 unspecified atom stereocenters. The first-order chi connectivity index (χ1) is 15.2. The van der Waals surface area contributed by atoms with Crippen molar-refractivity contribution in [2.24, 2.45) is 5.10 Å². The van der Waals surface area contributed by atoms with Crippen molar-refractivity contribution in [1.29, 1.82) is 0 Å². The first kappa shape index (κ1) is 22.2. The van der Waals surface area contributed by atoms with Crippen molar-refractivity contribution >= 4 is 45.0 Å². The number of nitrogens with zero attached hydrogens (tertiary/aromatic N) is 5. The number of halogens is 1. The molecule has 0 saturated heterocycles. The zero-order valence-corrected chi connectivity index (χ0v) is 17.3. The van der Waals surface area contributed by atoms with Gasteiger partial charge in [0, 0.05) is 12.1 Å². The number of hydrogen-bond acceptors (Lipinski definition) is 10. The number of non-ortho nitro benzene ring substituents is 1. The molecule has 1 N–H and O–H groups in total. The maximum atomic E-state index is 11.2. The number of aromatic nitrogens is 1. The number of rotatable bonds is 8. The van der Waals surface area contributed by atoms with Gasteiger partial charge < -0.3 is 4.74 Å². The van der Waals surface area contributed by atoms with Crippen molar-refractivity contribution in [2.75, 3.05) is 5.43 Å². The Morgan fingerprint density at radius 2 is 1.59 bits per heavy atom. The van der Waals surface area contributed by atoms with Crippen LogP contribution in [0.1, 0.15) is 5.56 Å². The molecular formula is C18H11BrN6O7. The molecule has 13 nitrogen and oxygen atoms in total. The lowest BCUT2D eigenvalue weighted by atomic mass is 10.2. The van der Waals surface area contributed by atoms with E-state index in [1.807, 2.05) is 0 Å². The number of anilines is 1. The largest absolute Gasteiger partial charge is 0.449 e. The quantitative estimate of drug-likeness (QED) is 0.257. The standard InChI is InChI=1S/C18H11BrN6O7/c19-14-7-11(9-21-22-18-6-3-13(10-20-18)24(28)29)1-4-16(14)32-17-5-2-12(23(26)27)8-15(17)25(30)31/h1-10H,(H,20,22)/b21-9-. The van der Waals surface area contributed by atoms with Crippen LogP contribution in [0.4, 0.5) is 22.9 Å². The molecule has 0 aliphatic rings. The summed E-state index contributed by atoms with van der Waals surface area (Å²) in [5, 5.41) is 36.7. The van der Waals surface area contributed by atoms with E-state index < -0.39 is 26.1 Å². The molecule has 0 amide bonds. The smallest absolute Gasteiger partial charge is 0.318 e. The van der Waals surface area contributed by atoms with Crippen LogP contribution in [0.15, 0.2) is 64.3 Å². The van der Waals surface area contributed by atoms with Gasteiger partial charge in [-0.1, -0.05) is 0 Å². The summed E-state index contributed by atoms with van der Waals surface area (Å²) < 4.78 is 6.01. The highest BCUT2D eigenvalue weighted by Crippen LogP contribution is 2.37. The van der Waals surface area contributed by atoms with Gasteiger partial charge in [0.15, 0.2) is 0 Å². The number of benzene rings is 2. The lowest BCUT2D eigenvalue weighted by molar-refractivity contribution is -0.394. The van der Waals surface area contributed by atoms with Crippen LogP contribution in [0.3, 0.4) is 0 Å². The minimum Gasteiger partial charge on any atom is -0.449 e. The molecule has 0 aliphatic carbocycles. The summed E-state index contributed by atoms with van der Waals surface area (Å²) in [5.74, 6) is 0.383. The van der Waals surface area contributed by atoms with Crippen LogP contribution in [-0.2, 0) is 0 Å². The van der Waals surface area contributed by atoms with Crippen molar-refractivity contribution in [1.82, 2.24) is 4.98 Å². The molecule has 0 saturated carbocycles. The Hall–Kier alpha value is -4.46. The van der Waals surface area contributed by atoms with E-state index >= 15 is 0 Å². The van der Waals surface area contributed by atoms with E-state index in [-0.39, 0.29) is 17.2 Å². The number of nitrogens with one attached hydrogen (secondary N) is 1. The van der Waals surface area contributed by atoms with Gasteiger partial charge in [0.25, 0.3) is 11.4 Å². The molecule has 162 valence electrons. The molecule has 14 heteroatoms. The van der Waals surface area contributed by atoms with Crippen molar-refractivity contribution < 1.29 is 19.5 Å². The highest BCUT2D eigenvalue weighted by atomic mass is 79.9. The second-order valence-electron chi connectivity index (χ2n) is 5.99. The first-order valence-corrected chi connectivity index (χ1v) is 9.33. The van der Waals surface area contributed by atoms with Gasteiger partial charge in [-0.3, -0.25) is 35.8 Å². The average molecular weight is 503 g/mol. The summed E-state index contributed by atoms with van der Waals surface area (Å²) in [4.78, 5) is 34.5. The Bertz CT molecular complexity index is 1230. The van der Waals surface area contributed by atoms with Gasteiger partial charge in [0.05, 0.1) is 31.5 Å². The lowest BCUT2D eigenvalue weighted by Gasteiger charge is -2.08. The third-order valence-corrected chi connectivity index (χ3v) is 4.50. The molecule has 2 aromatic carbocycles. The summed E-state index contributed by atoms with van der Waals surface area (Å²) in [6.45, 7) is 0. The number of hydrogen-bond donors (Lipinski definition) is 1. The van der Waals surface area contributed by atoms with Gasteiger partial charge in [-0.2, -0.15) is 5.10 Å². The second kappa shape index (κ2) is 9.57. The predicted octanol–water partition coefficient (Wildman–Crippen LogP) is 4.81. The lowest BCUT2D eigenvalue weighted by Crippen LogP contribution is -1.97. The van der Waals surface area contributed by atoms with Crippen molar-refractivity contribution in [3.8, 4) is 11.5 Å². The maximum Gasteiger partial charge on any atom is 0.318 e. The fourth-order valence-electron chi connectivity index (χ4n) is 2.38. The molecule has 32 heavy (non-hydrogen) atoms. The second-order valence-corrected chi connectivity index (χ2v) is 6.84. The molecule has 0 atom stereocenters. The molecule has 1 aromatic heterocycles. The van der Waals surface area contributed by atoms with Crippen molar-refractivity contribution in [3.63, 3.8) is 0 Å². The Kier molecular flexibility index (Phi) is 6.65. The summed E-state index contributed by atoms with van der Waals surface area (Å²) in [7, 11) is 0. The minimum absolute atomic E-state index is 0.146. The van der Waals surface area contributed by atoms with E-state index in [1.165, 1.54) is 24.4 Å². The summed E-state index contributed by atoms with van der Waals surface area (Å²) >= 11 is 3.30. The van der Waals surface area contributed by atoms with E-state index in [0.717, 1.165) is 24.4 Å². The summed E-state index contributed by atoms with van der Waals surface area (Å²) in [6.07, 6.45) is 2.55. The van der Waals surface area contributed by atoms with Crippen LogP contribution in [0.25, 0.3) is 0 Å². The van der Waals surface area contributed by atoms with E-state index in [9.17, 15) is 30.3 Å². The molecule has 1 heterocycles.